The zero-order valence-electron chi connectivity index (χ0n) is 15.6. The number of fused-ring (bicyclic) bond motifs is 3. The summed E-state index contributed by atoms with van der Waals surface area (Å²) in [5, 5.41) is 3.95. The molecule has 0 amide bonds. The summed E-state index contributed by atoms with van der Waals surface area (Å²) < 4.78 is 6.25. The highest BCUT2D eigenvalue weighted by Gasteiger charge is 2.43. The Morgan fingerprint density at radius 1 is 1.08 bits per heavy atom. The van der Waals surface area contributed by atoms with Gasteiger partial charge < -0.3 is 10.1 Å². The van der Waals surface area contributed by atoms with Gasteiger partial charge in [-0.3, -0.25) is 0 Å². The normalized spacial score (nSPS) is 28.6. The SMILES string of the molecule is CCCCCc1ccc2c(c1)[C@H]1OCC[C@H]1[C@@H](C1CCCCC1)N2.Cl. The standard InChI is InChI=1S/C22H33NO.ClH/c1-2-3-5-8-16-11-12-20-19(15-16)22-18(13-14-24-22)21(23-20)17-9-6-4-7-10-17;/h11-12,15,17-18,21-23H,2-10,13-14H2,1H3;1H/t18-,21+,22-;/m0./s1. The molecule has 0 bridgehead atoms. The minimum atomic E-state index is 0. The molecule has 2 aliphatic heterocycles. The van der Waals surface area contributed by atoms with Crippen LogP contribution in [0.2, 0.25) is 0 Å². The second-order valence-corrected chi connectivity index (χ2v) is 8.19. The summed E-state index contributed by atoms with van der Waals surface area (Å²) in [6.45, 7) is 3.22. The summed E-state index contributed by atoms with van der Waals surface area (Å²) in [6.07, 6.45) is 13.8. The molecule has 140 valence electrons. The zero-order chi connectivity index (χ0) is 16.4. The van der Waals surface area contributed by atoms with Crippen molar-refractivity contribution in [2.75, 3.05) is 11.9 Å². The van der Waals surface area contributed by atoms with Crippen LogP contribution in [0.5, 0.6) is 0 Å². The van der Waals surface area contributed by atoms with E-state index in [-0.39, 0.29) is 12.4 Å². The number of aryl methyl sites for hydroxylation is 1. The molecule has 1 N–H and O–H groups in total. The molecule has 2 fully saturated rings. The summed E-state index contributed by atoms with van der Waals surface area (Å²) in [7, 11) is 0. The molecule has 0 aromatic heterocycles. The Morgan fingerprint density at radius 3 is 2.72 bits per heavy atom. The van der Waals surface area contributed by atoms with Crippen LogP contribution in [0.15, 0.2) is 18.2 Å². The Bertz CT molecular complexity index is 555. The highest BCUT2D eigenvalue weighted by molar-refractivity contribution is 5.85. The van der Waals surface area contributed by atoms with Crippen molar-refractivity contribution in [1.29, 1.82) is 0 Å². The Balaban J connectivity index is 0.00000182. The first-order valence-electron chi connectivity index (χ1n) is 10.4. The first-order chi connectivity index (χ1) is 11.9. The number of benzene rings is 1. The van der Waals surface area contributed by atoms with Crippen LogP contribution >= 0.6 is 12.4 Å². The minimum absolute atomic E-state index is 0. The molecule has 1 aliphatic carbocycles. The third kappa shape index (κ3) is 4.01. The maximum absolute atomic E-state index is 6.25. The Kier molecular flexibility index (Phi) is 6.68. The fraction of sp³-hybridized carbons (Fsp3) is 0.727. The molecule has 1 aromatic carbocycles. The number of anilines is 1. The highest BCUT2D eigenvalue weighted by Crippen LogP contribution is 2.48. The zero-order valence-corrected chi connectivity index (χ0v) is 16.5. The van der Waals surface area contributed by atoms with Crippen LogP contribution in [0.25, 0.3) is 0 Å². The largest absolute Gasteiger partial charge is 0.381 e. The lowest BCUT2D eigenvalue weighted by Crippen LogP contribution is -2.42. The quantitative estimate of drug-likeness (QED) is 0.620. The molecule has 0 radical (unpaired) electrons. The fourth-order valence-corrected chi connectivity index (χ4v) is 5.26. The Hall–Kier alpha value is -0.730. The van der Waals surface area contributed by atoms with Crippen LogP contribution in [0, 0.1) is 11.8 Å². The van der Waals surface area contributed by atoms with E-state index >= 15 is 0 Å². The molecule has 1 aromatic rings. The van der Waals surface area contributed by atoms with Crippen molar-refractivity contribution in [1.82, 2.24) is 0 Å². The second kappa shape index (κ2) is 8.77. The van der Waals surface area contributed by atoms with Crippen molar-refractivity contribution in [3.8, 4) is 0 Å². The summed E-state index contributed by atoms with van der Waals surface area (Å²) in [4.78, 5) is 0. The molecule has 3 heteroatoms. The molecule has 4 rings (SSSR count). The Labute approximate surface area is 159 Å². The van der Waals surface area contributed by atoms with Crippen molar-refractivity contribution in [2.45, 2.75) is 83.3 Å². The second-order valence-electron chi connectivity index (χ2n) is 8.19. The first kappa shape index (κ1) is 19.0. The van der Waals surface area contributed by atoms with E-state index in [4.69, 9.17) is 4.74 Å². The molecule has 2 heterocycles. The average molecular weight is 364 g/mol. The number of unbranched alkanes of at least 4 members (excludes halogenated alkanes) is 2. The van der Waals surface area contributed by atoms with E-state index in [0.717, 1.165) is 12.5 Å². The molecule has 0 unspecified atom stereocenters. The molecular formula is C22H34ClNO. The molecule has 1 saturated carbocycles. The molecule has 3 aliphatic rings. The number of ether oxygens (including phenoxy) is 1. The van der Waals surface area contributed by atoms with Gasteiger partial charge in [-0.25, -0.2) is 0 Å². The predicted molar refractivity (Wildman–Crippen MR) is 108 cm³/mol. The fourth-order valence-electron chi connectivity index (χ4n) is 5.26. The third-order valence-corrected chi connectivity index (χ3v) is 6.57. The van der Waals surface area contributed by atoms with Crippen LogP contribution in [0.3, 0.4) is 0 Å². The van der Waals surface area contributed by atoms with Crippen LogP contribution in [0.1, 0.15) is 81.9 Å². The van der Waals surface area contributed by atoms with Gasteiger partial charge in [-0.2, -0.15) is 0 Å². The van der Waals surface area contributed by atoms with Gasteiger partial charge in [0.2, 0.25) is 0 Å². The molecule has 2 nitrogen and oxygen atoms in total. The van der Waals surface area contributed by atoms with Crippen LogP contribution in [-0.2, 0) is 11.2 Å². The van der Waals surface area contributed by atoms with Crippen LogP contribution < -0.4 is 5.32 Å². The summed E-state index contributed by atoms with van der Waals surface area (Å²) in [5.41, 5.74) is 4.29. The first-order valence-corrected chi connectivity index (χ1v) is 10.4. The van der Waals surface area contributed by atoms with Gasteiger partial charge in [0.05, 0.1) is 6.10 Å². The number of nitrogens with one attached hydrogen (secondary N) is 1. The van der Waals surface area contributed by atoms with E-state index in [2.05, 4.69) is 30.4 Å². The number of hydrogen-bond acceptors (Lipinski definition) is 2. The van der Waals surface area contributed by atoms with Gasteiger partial charge in [-0.15, -0.1) is 12.4 Å². The van der Waals surface area contributed by atoms with Gasteiger partial charge in [0.1, 0.15) is 0 Å². The van der Waals surface area contributed by atoms with E-state index in [1.807, 2.05) is 0 Å². The van der Waals surface area contributed by atoms with Gasteiger partial charge >= 0.3 is 0 Å². The third-order valence-electron chi connectivity index (χ3n) is 6.57. The van der Waals surface area contributed by atoms with Crippen LogP contribution in [-0.4, -0.2) is 12.6 Å². The lowest BCUT2D eigenvalue weighted by atomic mass is 9.73. The molecule has 0 spiro atoms. The summed E-state index contributed by atoms with van der Waals surface area (Å²) in [6, 6.07) is 7.76. The van der Waals surface area contributed by atoms with E-state index in [1.54, 1.807) is 0 Å². The molecule has 25 heavy (non-hydrogen) atoms. The average Bonchev–Trinajstić information content (AvgIpc) is 3.12. The van der Waals surface area contributed by atoms with Crippen molar-refractivity contribution < 1.29 is 4.74 Å². The topological polar surface area (TPSA) is 21.3 Å². The maximum Gasteiger partial charge on any atom is 0.0893 e. The lowest BCUT2D eigenvalue weighted by molar-refractivity contribution is 0.0731. The van der Waals surface area contributed by atoms with Crippen molar-refractivity contribution in [3.63, 3.8) is 0 Å². The number of hydrogen-bond donors (Lipinski definition) is 1. The van der Waals surface area contributed by atoms with Gasteiger partial charge in [0, 0.05) is 29.8 Å². The lowest BCUT2D eigenvalue weighted by Gasteiger charge is -2.42. The van der Waals surface area contributed by atoms with E-state index in [1.165, 1.54) is 81.0 Å². The molecule has 3 atom stereocenters. The smallest absolute Gasteiger partial charge is 0.0893 e. The number of halogens is 1. The van der Waals surface area contributed by atoms with Gasteiger partial charge in [0.15, 0.2) is 0 Å². The van der Waals surface area contributed by atoms with Gasteiger partial charge in [0.25, 0.3) is 0 Å². The highest BCUT2D eigenvalue weighted by atomic mass is 35.5. The molecule has 1 saturated heterocycles. The Morgan fingerprint density at radius 2 is 1.92 bits per heavy atom. The van der Waals surface area contributed by atoms with Gasteiger partial charge in [-0.05, 0) is 49.7 Å². The van der Waals surface area contributed by atoms with E-state index < -0.39 is 0 Å². The van der Waals surface area contributed by atoms with Crippen molar-refractivity contribution in [3.05, 3.63) is 29.3 Å². The number of rotatable bonds is 5. The van der Waals surface area contributed by atoms with E-state index in [0.29, 0.717) is 18.1 Å². The maximum atomic E-state index is 6.25. The monoisotopic (exact) mass is 363 g/mol. The summed E-state index contributed by atoms with van der Waals surface area (Å²) in [5.74, 6) is 1.54. The predicted octanol–water partition coefficient (Wildman–Crippen LogP) is 6.29. The van der Waals surface area contributed by atoms with Crippen LogP contribution in [0.4, 0.5) is 5.69 Å². The van der Waals surface area contributed by atoms with E-state index in [9.17, 15) is 0 Å². The van der Waals surface area contributed by atoms with Crippen molar-refractivity contribution in [2.24, 2.45) is 11.8 Å². The summed E-state index contributed by atoms with van der Waals surface area (Å²) >= 11 is 0. The van der Waals surface area contributed by atoms with Crippen molar-refractivity contribution >= 4 is 18.1 Å². The molecular weight excluding hydrogens is 330 g/mol. The van der Waals surface area contributed by atoms with Gasteiger partial charge in [-0.1, -0.05) is 51.2 Å². The minimum Gasteiger partial charge on any atom is -0.381 e.